The normalized spacial score (nSPS) is 27.0. The van der Waals surface area contributed by atoms with Crippen molar-refractivity contribution in [2.24, 2.45) is 5.92 Å². The van der Waals surface area contributed by atoms with Crippen molar-refractivity contribution >= 4 is 11.6 Å². The van der Waals surface area contributed by atoms with Gasteiger partial charge in [-0.3, -0.25) is 19.8 Å². The molecule has 2 atom stereocenters. The highest BCUT2D eigenvalue weighted by Gasteiger charge is 2.42. The van der Waals surface area contributed by atoms with Gasteiger partial charge in [0.1, 0.15) is 5.75 Å². The van der Waals surface area contributed by atoms with E-state index in [1.807, 2.05) is 0 Å². The quantitative estimate of drug-likeness (QED) is 0.671. The molecule has 0 bridgehead atoms. The van der Waals surface area contributed by atoms with Crippen molar-refractivity contribution in [1.29, 1.82) is 0 Å². The molecule has 1 amide bonds. The van der Waals surface area contributed by atoms with Crippen LogP contribution in [0, 0.1) is 16.0 Å². The maximum atomic E-state index is 12.8. The first-order chi connectivity index (χ1) is 12.0. The van der Waals surface area contributed by atoms with Gasteiger partial charge in [0, 0.05) is 31.2 Å². The summed E-state index contributed by atoms with van der Waals surface area (Å²) < 4.78 is 0. The molecule has 3 aliphatic rings. The van der Waals surface area contributed by atoms with E-state index >= 15 is 0 Å². The van der Waals surface area contributed by atoms with Crippen LogP contribution in [0.3, 0.4) is 0 Å². The lowest BCUT2D eigenvalue weighted by Gasteiger charge is -2.47. The van der Waals surface area contributed by atoms with Gasteiger partial charge in [0.15, 0.2) is 0 Å². The predicted molar refractivity (Wildman–Crippen MR) is 91.5 cm³/mol. The highest BCUT2D eigenvalue weighted by Crippen LogP contribution is 2.38. The fraction of sp³-hybridized carbons (Fsp3) is 0.611. The molecule has 0 radical (unpaired) electrons. The molecule has 134 valence electrons. The zero-order valence-electron chi connectivity index (χ0n) is 14.1. The summed E-state index contributed by atoms with van der Waals surface area (Å²) in [4.78, 5) is 27.4. The first kappa shape index (κ1) is 16.3. The van der Waals surface area contributed by atoms with Crippen LogP contribution in [-0.4, -0.2) is 57.5 Å². The summed E-state index contributed by atoms with van der Waals surface area (Å²) >= 11 is 0. The standard InChI is InChI=1S/C18H23N3O4/c22-17-10-14(21(24)25)5-6-15(17)18(23)19-9-7-16-12(11-19)2-1-8-20(16)13-3-4-13/h5-6,10,12-13,16,22H,1-4,7-9,11H2/t12-,16+/m1/s1. The number of aromatic hydroxyl groups is 1. The second-order valence-electron chi connectivity index (χ2n) is 7.44. The maximum absolute atomic E-state index is 12.8. The van der Waals surface area contributed by atoms with E-state index in [0.29, 0.717) is 25.0 Å². The van der Waals surface area contributed by atoms with Crippen molar-refractivity contribution in [2.45, 2.75) is 44.2 Å². The van der Waals surface area contributed by atoms with Gasteiger partial charge in [-0.15, -0.1) is 0 Å². The van der Waals surface area contributed by atoms with Crippen molar-refractivity contribution in [2.75, 3.05) is 19.6 Å². The number of non-ortho nitro benzene ring substituents is 1. The molecule has 0 spiro atoms. The molecule has 3 fully saturated rings. The number of rotatable bonds is 3. The largest absolute Gasteiger partial charge is 0.507 e. The van der Waals surface area contributed by atoms with E-state index in [1.165, 1.54) is 37.9 Å². The van der Waals surface area contributed by atoms with Crippen LogP contribution in [0.5, 0.6) is 5.75 Å². The molecule has 1 aliphatic carbocycles. The monoisotopic (exact) mass is 345 g/mol. The molecule has 0 unspecified atom stereocenters. The van der Waals surface area contributed by atoms with E-state index in [4.69, 9.17) is 0 Å². The van der Waals surface area contributed by atoms with Crippen LogP contribution in [0.15, 0.2) is 18.2 Å². The number of nitro benzene ring substituents is 1. The highest BCUT2D eigenvalue weighted by molar-refractivity contribution is 5.97. The summed E-state index contributed by atoms with van der Waals surface area (Å²) in [6, 6.07) is 5.02. The lowest BCUT2D eigenvalue weighted by atomic mass is 9.83. The maximum Gasteiger partial charge on any atom is 0.273 e. The van der Waals surface area contributed by atoms with Crippen LogP contribution in [0.2, 0.25) is 0 Å². The van der Waals surface area contributed by atoms with E-state index in [9.17, 15) is 20.0 Å². The Bertz CT molecular complexity index is 704. The van der Waals surface area contributed by atoms with Crippen molar-refractivity contribution in [1.82, 2.24) is 9.80 Å². The lowest BCUT2D eigenvalue weighted by Crippen LogP contribution is -2.55. The third kappa shape index (κ3) is 3.08. The number of nitrogens with zero attached hydrogens (tertiary/aromatic N) is 3. The zero-order valence-corrected chi connectivity index (χ0v) is 14.1. The topological polar surface area (TPSA) is 86.9 Å². The minimum absolute atomic E-state index is 0.152. The lowest BCUT2D eigenvalue weighted by molar-refractivity contribution is -0.384. The average Bonchev–Trinajstić information content (AvgIpc) is 3.45. The van der Waals surface area contributed by atoms with Crippen molar-refractivity contribution in [3.63, 3.8) is 0 Å². The number of carbonyl (C=O) groups excluding carboxylic acids is 1. The minimum atomic E-state index is -0.575. The molecule has 1 saturated carbocycles. The Hall–Kier alpha value is -2.15. The van der Waals surface area contributed by atoms with Crippen LogP contribution >= 0.6 is 0 Å². The predicted octanol–water partition coefficient (Wildman–Crippen LogP) is 2.39. The molecule has 7 heteroatoms. The number of likely N-dealkylation sites (tertiary alicyclic amines) is 2. The van der Waals surface area contributed by atoms with Crippen LogP contribution < -0.4 is 0 Å². The summed E-state index contributed by atoms with van der Waals surface area (Å²) in [7, 11) is 0. The third-order valence-electron chi connectivity index (χ3n) is 5.84. The highest BCUT2D eigenvalue weighted by atomic mass is 16.6. The third-order valence-corrected chi connectivity index (χ3v) is 5.84. The smallest absolute Gasteiger partial charge is 0.273 e. The molecule has 4 rings (SSSR count). The molecule has 1 aromatic rings. The Balaban J connectivity index is 1.48. The Morgan fingerprint density at radius 3 is 2.68 bits per heavy atom. The van der Waals surface area contributed by atoms with Gasteiger partial charge in [-0.05, 0) is 50.6 Å². The fourth-order valence-corrected chi connectivity index (χ4v) is 4.47. The number of hydrogen-bond acceptors (Lipinski definition) is 5. The van der Waals surface area contributed by atoms with Crippen LogP contribution in [0.4, 0.5) is 5.69 Å². The molecule has 2 saturated heterocycles. The molecule has 25 heavy (non-hydrogen) atoms. The van der Waals surface area contributed by atoms with E-state index in [-0.39, 0.29) is 22.9 Å². The van der Waals surface area contributed by atoms with Gasteiger partial charge in [0.05, 0.1) is 16.6 Å². The van der Waals surface area contributed by atoms with Gasteiger partial charge in [-0.2, -0.15) is 0 Å². The van der Waals surface area contributed by atoms with Gasteiger partial charge < -0.3 is 10.0 Å². The summed E-state index contributed by atoms with van der Waals surface area (Å²) in [5.74, 6) is -0.0498. The number of benzene rings is 1. The van der Waals surface area contributed by atoms with E-state index in [1.54, 1.807) is 4.90 Å². The Kier molecular flexibility index (Phi) is 4.11. The zero-order chi connectivity index (χ0) is 17.6. The first-order valence-corrected chi connectivity index (χ1v) is 9.07. The van der Waals surface area contributed by atoms with Crippen LogP contribution in [-0.2, 0) is 0 Å². The van der Waals surface area contributed by atoms with Gasteiger partial charge in [-0.25, -0.2) is 0 Å². The molecule has 1 aromatic carbocycles. The van der Waals surface area contributed by atoms with Crippen molar-refractivity contribution in [3.05, 3.63) is 33.9 Å². The molecule has 0 aromatic heterocycles. The van der Waals surface area contributed by atoms with Crippen LogP contribution in [0.1, 0.15) is 42.5 Å². The Morgan fingerprint density at radius 1 is 1.20 bits per heavy atom. The van der Waals surface area contributed by atoms with Gasteiger partial charge in [0.25, 0.3) is 11.6 Å². The molecule has 2 aliphatic heterocycles. The van der Waals surface area contributed by atoms with Crippen molar-refractivity contribution in [3.8, 4) is 5.75 Å². The average molecular weight is 345 g/mol. The van der Waals surface area contributed by atoms with E-state index < -0.39 is 4.92 Å². The first-order valence-electron chi connectivity index (χ1n) is 9.07. The molecule has 1 N–H and O–H groups in total. The Morgan fingerprint density at radius 2 is 2.00 bits per heavy atom. The SMILES string of the molecule is O=C(c1ccc([N+](=O)[O-])cc1O)N1CC[C@H]2[C@H](CCCN2C2CC2)C1. The van der Waals surface area contributed by atoms with Gasteiger partial charge >= 0.3 is 0 Å². The summed E-state index contributed by atoms with van der Waals surface area (Å²) in [6.45, 7) is 2.58. The second kappa shape index (κ2) is 6.29. The van der Waals surface area contributed by atoms with Crippen LogP contribution in [0.25, 0.3) is 0 Å². The number of hydrogen-bond donors (Lipinski definition) is 1. The number of piperidine rings is 2. The molecular formula is C18H23N3O4. The van der Waals surface area contributed by atoms with E-state index in [0.717, 1.165) is 24.9 Å². The van der Waals surface area contributed by atoms with Gasteiger partial charge in [-0.1, -0.05) is 0 Å². The number of amides is 1. The number of fused-ring (bicyclic) bond motifs is 1. The second-order valence-corrected chi connectivity index (χ2v) is 7.44. The summed E-state index contributed by atoms with van der Waals surface area (Å²) in [5, 5.41) is 20.8. The fourth-order valence-electron chi connectivity index (χ4n) is 4.47. The molecular weight excluding hydrogens is 322 g/mol. The summed E-state index contributed by atoms with van der Waals surface area (Å²) in [6.07, 6.45) is 5.91. The number of phenols is 1. The molecule has 7 nitrogen and oxygen atoms in total. The number of carbonyl (C=O) groups is 1. The van der Waals surface area contributed by atoms with Gasteiger partial charge in [0.2, 0.25) is 0 Å². The number of phenolic OH excluding ortho intramolecular Hbond substituents is 1. The summed E-state index contributed by atoms with van der Waals surface area (Å²) in [5.41, 5.74) is -0.0565. The van der Waals surface area contributed by atoms with E-state index in [2.05, 4.69) is 4.90 Å². The Labute approximate surface area is 146 Å². The molecule has 2 heterocycles. The van der Waals surface area contributed by atoms with Crippen molar-refractivity contribution < 1.29 is 14.8 Å². The minimum Gasteiger partial charge on any atom is -0.507 e. The number of nitro groups is 1.